The first-order chi connectivity index (χ1) is 13.1. The van der Waals surface area contributed by atoms with Crippen molar-refractivity contribution in [2.75, 3.05) is 18.4 Å². The monoisotopic (exact) mass is 384 g/mol. The number of aromatic nitrogens is 2. The third-order valence-corrected chi connectivity index (χ3v) is 4.99. The van der Waals surface area contributed by atoms with Gasteiger partial charge in [0.2, 0.25) is 12.7 Å². The number of nitrogen functional groups attached to an aromatic ring is 1. The van der Waals surface area contributed by atoms with E-state index < -0.39 is 0 Å². The molecule has 4 rings (SSSR count). The molecule has 2 aromatic carbocycles. The van der Waals surface area contributed by atoms with Crippen molar-refractivity contribution in [3.05, 3.63) is 58.4 Å². The molecule has 1 aromatic heterocycles. The van der Waals surface area contributed by atoms with Gasteiger partial charge in [-0.25, -0.2) is 9.66 Å². The van der Waals surface area contributed by atoms with Crippen LogP contribution in [0, 0.1) is 0 Å². The Morgan fingerprint density at radius 2 is 2.04 bits per heavy atom. The maximum absolute atomic E-state index is 12.3. The van der Waals surface area contributed by atoms with Crippen LogP contribution in [-0.4, -0.2) is 28.1 Å². The number of nitrogens with zero attached hydrogens (tertiary/aromatic N) is 2. The van der Waals surface area contributed by atoms with Crippen molar-refractivity contribution < 1.29 is 14.3 Å². The van der Waals surface area contributed by atoms with Gasteiger partial charge < -0.3 is 20.6 Å². The predicted molar refractivity (Wildman–Crippen MR) is 101 cm³/mol. The second kappa shape index (κ2) is 7.20. The number of nitrogens with one attached hydrogen (secondary N) is 1. The van der Waals surface area contributed by atoms with Gasteiger partial charge in [0.1, 0.15) is 0 Å². The molecule has 0 fully saturated rings. The first-order valence-electron chi connectivity index (χ1n) is 8.17. The number of fused-ring (bicyclic) bond motifs is 2. The van der Waals surface area contributed by atoms with Crippen molar-refractivity contribution in [2.45, 2.75) is 11.7 Å². The molecule has 1 aliphatic rings. The SMILES string of the molecule is Nn1c(SCC(=O)NCc2ccc3c(c2)OCO3)nc2ccccc2c1=O. The zero-order valence-electron chi connectivity index (χ0n) is 14.2. The topological polar surface area (TPSA) is 108 Å². The summed E-state index contributed by atoms with van der Waals surface area (Å²) in [6, 6.07) is 12.5. The third-order valence-electron chi connectivity index (χ3n) is 4.03. The van der Waals surface area contributed by atoms with Crippen LogP contribution in [0.3, 0.4) is 0 Å². The summed E-state index contributed by atoms with van der Waals surface area (Å²) in [5.41, 5.74) is 1.11. The molecule has 8 nitrogen and oxygen atoms in total. The van der Waals surface area contributed by atoms with E-state index in [1.165, 1.54) is 0 Å². The first-order valence-corrected chi connectivity index (χ1v) is 9.15. The van der Waals surface area contributed by atoms with E-state index in [4.69, 9.17) is 15.3 Å². The highest BCUT2D eigenvalue weighted by Crippen LogP contribution is 2.32. The lowest BCUT2D eigenvalue weighted by Crippen LogP contribution is -2.31. The van der Waals surface area contributed by atoms with Gasteiger partial charge >= 0.3 is 0 Å². The van der Waals surface area contributed by atoms with Crippen LogP contribution in [-0.2, 0) is 11.3 Å². The Morgan fingerprint density at radius 3 is 2.93 bits per heavy atom. The van der Waals surface area contributed by atoms with Gasteiger partial charge in [0.15, 0.2) is 16.7 Å². The van der Waals surface area contributed by atoms with Gasteiger partial charge in [0.05, 0.1) is 16.7 Å². The van der Waals surface area contributed by atoms with Crippen molar-refractivity contribution in [3.63, 3.8) is 0 Å². The van der Waals surface area contributed by atoms with Crippen molar-refractivity contribution >= 4 is 28.6 Å². The van der Waals surface area contributed by atoms with E-state index in [2.05, 4.69) is 10.3 Å². The Morgan fingerprint density at radius 1 is 1.22 bits per heavy atom. The lowest BCUT2D eigenvalue weighted by Gasteiger charge is -2.09. The number of benzene rings is 2. The van der Waals surface area contributed by atoms with Gasteiger partial charge in [-0.15, -0.1) is 0 Å². The smallest absolute Gasteiger partial charge is 0.280 e. The van der Waals surface area contributed by atoms with E-state index in [0.717, 1.165) is 22.0 Å². The minimum Gasteiger partial charge on any atom is -0.454 e. The molecular weight excluding hydrogens is 368 g/mol. The van der Waals surface area contributed by atoms with E-state index in [0.29, 0.717) is 28.9 Å². The van der Waals surface area contributed by atoms with Crippen molar-refractivity contribution in [1.82, 2.24) is 15.0 Å². The zero-order chi connectivity index (χ0) is 18.8. The van der Waals surface area contributed by atoms with Crippen LogP contribution in [0.25, 0.3) is 10.9 Å². The number of rotatable bonds is 5. The quantitative estimate of drug-likeness (QED) is 0.387. The lowest BCUT2D eigenvalue weighted by atomic mass is 10.2. The van der Waals surface area contributed by atoms with Gasteiger partial charge in [-0.3, -0.25) is 9.59 Å². The number of amides is 1. The molecule has 1 amide bonds. The second-order valence-electron chi connectivity index (χ2n) is 5.84. The molecule has 2 heterocycles. The van der Waals surface area contributed by atoms with Crippen molar-refractivity contribution in [3.8, 4) is 11.5 Å². The summed E-state index contributed by atoms with van der Waals surface area (Å²) >= 11 is 1.11. The number of hydrogen-bond acceptors (Lipinski definition) is 7. The largest absolute Gasteiger partial charge is 0.454 e. The van der Waals surface area contributed by atoms with E-state index in [-0.39, 0.29) is 29.2 Å². The summed E-state index contributed by atoms with van der Waals surface area (Å²) < 4.78 is 11.5. The van der Waals surface area contributed by atoms with E-state index in [1.54, 1.807) is 24.3 Å². The summed E-state index contributed by atoms with van der Waals surface area (Å²) in [7, 11) is 0. The summed E-state index contributed by atoms with van der Waals surface area (Å²) in [6.07, 6.45) is 0. The lowest BCUT2D eigenvalue weighted by molar-refractivity contribution is -0.118. The minimum absolute atomic E-state index is 0.0898. The minimum atomic E-state index is -0.344. The fourth-order valence-electron chi connectivity index (χ4n) is 2.66. The molecule has 0 unspecified atom stereocenters. The molecule has 0 spiro atoms. The second-order valence-corrected chi connectivity index (χ2v) is 6.78. The summed E-state index contributed by atoms with van der Waals surface area (Å²) in [6.45, 7) is 0.567. The molecule has 9 heteroatoms. The molecule has 0 atom stereocenters. The van der Waals surface area contributed by atoms with E-state index in [1.807, 2.05) is 18.2 Å². The highest BCUT2D eigenvalue weighted by Gasteiger charge is 2.14. The fraction of sp³-hybridized carbons (Fsp3) is 0.167. The maximum Gasteiger partial charge on any atom is 0.280 e. The van der Waals surface area contributed by atoms with Crippen LogP contribution in [0.5, 0.6) is 11.5 Å². The molecule has 3 N–H and O–H groups in total. The summed E-state index contributed by atoms with van der Waals surface area (Å²) in [5.74, 6) is 7.08. The van der Waals surface area contributed by atoms with Gasteiger partial charge in [0.25, 0.3) is 5.56 Å². The molecule has 0 bridgehead atoms. The number of para-hydroxylation sites is 1. The fourth-order valence-corrected chi connectivity index (χ4v) is 3.41. The number of carbonyl (C=O) groups excluding carboxylic acids is 1. The van der Waals surface area contributed by atoms with Crippen LogP contribution in [0.1, 0.15) is 5.56 Å². The molecule has 0 aliphatic carbocycles. The predicted octanol–water partition coefficient (Wildman–Crippen LogP) is 1.25. The van der Waals surface area contributed by atoms with Gasteiger partial charge in [-0.1, -0.05) is 30.0 Å². The molecule has 27 heavy (non-hydrogen) atoms. The first kappa shape index (κ1) is 17.2. The molecule has 0 saturated carbocycles. The zero-order valence-corrected chi connectivity index (χ0v) is 15.0. The standard InChI is InChI=1S/C18H16N4O4S/c19-22-17(24)12-3-1-2-4-13(12)21-18(22)27-9-16(23)20-8-11-5-6-14-15(7-11)26-10-25-14/h1-7H,8-10,19H2,(H,20,23). The Hall–Kier alpha value is -3.20. The maximum atomic E-state index is 12.3. The Bertz CT molecular complexity index is 1080. The average molecular weight is 384 g/mol. The number of thioether (sulfide) groups is 1. The van der Waals surface area contributed by atoms with Crippen LogP contribution >= 0.6 is 11.8 Å². The molecule has 138 valence electrons. The van der Waals surface area contributed by atoms with E-state index in [9.17, 15) is 9.59 Å². The molecule has 3 aromatic rings. The van der Waals surface area contributed by atoms with Crippen LogP contribution in [0.4, 0.5) is 0 Å². The molecule has 0 saturated heterocycles. The Labute approximate surface area is 158 Å². The number of carbonyl (C=O) groups is 1. The van der Waals surface area contributed by atoms with Crippen LogP contribution in [0.15, 0.2) is 52.4 Å². The highest BCUT2D eigenvalue weighted by atomic mass is 32.2. The van der Waals surface area contributed by atoms with Gasteiger partial charge in [-0.2, -0.15) is 0 Å². The van der Waals surface area contributed by atoms with Gasteiger partial charge in [0, 0.05) is 6.54 Å². The van der Waals surface area contributed by atoms with Crippen LogP contribution < -0.4 is 26.2 Å². The van der Waals surface area contributed by atoms with Crippen molar-refractivity contribution in [2.24, 2.45) is 0 Å². The number of ether oxygens (including phenoxy) is 2. The summed E-state index contributed by atoms with van der Waals surface area (Å²) in [4.78, 5) is 28.8. The molecule has 1 aliphatic heterocycles. The third kappa shape index (κ3) is 3.54. The van der Waals surface area contributed by atoms with Crippen molar-refractivity contribution in [1.29, 1.82) is 0 Å². The number of nitrogens with two attached hydrogens (primary N) is 1. The molecule has 0 radical (unpaired) electrons. The van der Waals surface area contributed by atoms with Crippen LogP contribution in [0.2, 0.25) is 0 Å². The Kier molecular flexibility index (Phi) is 4.59. The summed E-state index contributed by atoms with van der Waals surface area (Å²) in [5, 5.41) is 3.55. The average Bonchev–Trinajstić information content (AvgIpc) is 3.16. The number of hydrogen-bond donors (Lipinski definition) is 2. The van der Waals surface area contributed by atoms with Gasteiger partial charge in [-0.05, 0) is 29.8 Å². The molecular formula is C18H16N4O4S. The Balaban J connectivity index is 1.39. The normalized spacial score (nSPS) is 12.3. The highest BCUT2D eigenvalue weighted by molar-refractivity contribution is 7.99. The van der Waals surface area contributed by atoms with E-state index >= 15 is 0 Å².